The molecule has 2 nitrogen and oxygen atoms in total. The third-order valence-corrected chi connectivity index (χ3v) is 3.07. The summed E-state index contributed by atoms with van der Waals surface area (Å²) in [4.78, 5) is 0. The van der Waals surface area contributed by atoms with Crippen molar-refractivity contribution in [2.45, 2.75) is 39.4 Å². The number of aliphatic hydroxyl groups excluding tert-OH is 2. The molecule has 0 heterocycles. The van der Waals surface area contributed by atoms with Crippen molar-refractivity contribution in [1.82, 2.24) is 0 Å². The van der Waals surface area contributed by atoms with E-state index in [1.54, 1.807) is 0 Å². The van der Waals surface area contributed by atoms with Gasteiger partial charge >= 0.3 is 0 Å². The summed E-state index contributed by atoms with van der Waals surface area (Å²) in [5.41, 5.74) is 1.96. The van der Waals surface area contributed by atoms with Crippen LogP contribution in [0.5, 0.6) is 0 Å². The largest absolute Gasteiger partial charge is 0.390 e. The topological polar surface area (TPSA) is 40.5 Å². The number of hydrogen-bond donors (Lipinski definition) is 2. The van der Waals surface area contributed by atoms with Crippen molar-refractivity contribution in [1.29, 1.82) is 0 Å². The lowest BCUT2D eigenvalue weighted by atomic mass is 9.96. The maximum atomic E-state index is 9.83. The van der Waals surface area contributed by atoms with E-state index in [2.05, 4.69) is 0 Å². The fourth-order valence-corrected chi connectivity index (χ4v) is 1.92. The number of hydrogen-bond acceptors (Lipinski definition) is 2. The molecular weight excluding hydrogens is 224 g/mol. The summed E-state index contributed by atoms with van der Waals surface area (Å²) in [5.74, 6) is 0.0409. The Balaban J connectivity index is 2.73. The molecule has 3 heteroatoms. The van der Waals surface area contributed by atoms with E-state index in [9.17, 15) is 10.2 Å². The van der Waals surface area contributed by atoms with Gasteiger partial charge in [0.05, 0.1) is 12.2 Å². The van der Waals surface area contributed by atoms with Crippen LogP contribution in [0.25, 0.3) is 0 Å². The van der Waals surface area contributed by atoms with Gasteiger partial charge in [-0.25, -0.2) is 0 Å². The van der Waals surface area contributed by atoms with Gasteiger partial charge in [0.1, 0.15) is 0 Å². The summed E-state index contributed by atoms with van der Waals surface area (Å²) in [6.45, 7) is 5.73. The van der Waals surface area contributed by atoms with Crippen molar-refractivity contribution in [3.8, 4) is 0 Å². The summed E-state index contributed by atoms with van der Waals surface area (Å²) in [7, 11) is 0. The Labute approximate surface area is 102 Å². The lowest BCUT2D eigenvalue weighted by Crippen LogP contribution is -2.32. The van der Waals surface area contributed by atoms with Crippen molar-refractivity contribution in [2.75, 3.05) is 0 Å². The third-order valence-electron chi connectivity index (χ3n) is 2.71. The first kappa shape index (κ1) is 13.5. The SMILES string of the molecule is Cc1ccc(CC(O)C(O)C(C)C)c(Cl)c1. The van der Waals surface area contributed by atoms with Crippen LogP contribution in [0.4, 0.5) is 0 Å². The summed E-state index contributed by atoms with van der Waals surface area (Å²) < 4.78 is 0. The van der Waals surface area contributed by atoms with Crippen molar-refractivity contribution >= 4 is 11.6 Å². The van der Waals surface area contributed by atoms with Gasteiger partial charge in [-0.2, -0.15) is 0 Å². The molecule has 0 aliphatic rings. The molecule has 0 aliphatic carbocycles. The van der Waals surface area contributed by atoms with Crippen molar-refractivity contribution in [2.24, 2.45) is 5.92 Å². The molecule has 16 heavy (non-hydrogen) atoms. The van der Waals surface area contributed by atoms with Crippen LogP contribution >= 0.6 is 11.6 Å². The summed E-state index contributed by atoms with van der Waals surface area (Å²) in [6, 6.07) is 5.72. The van der Waals surface area contributed by atoms with Crippen LogP contribution in [0.15, 0.2) is 18.2 Å². The number of rotatable bonds is 4. The Bertz CT molecular complexity index is 350. The smallest absolute Gasteiger partial charge is 0.0842 e. The molecule has 2 atom stereocenters. The second-order valence-corrected chi connectivity index (χ2v) is 5.01. The molecule has 0 bridgehead atoms. The zero-order valence-electron chi connectivity index (χ0n) is 9.94. The normalized spacial score (nSPS) is 15.2. The molecule has 0 aromatic heterocycles. The maximum absolute atomic E-state index is 9.83. The van der Waals surface area contributed by atoms with Gasteiger partial charge in [0, 0.05) is 11.4 Å². The minimum absolute atomic E-state index is 0.0409. The van der Waals surface area contributed by atoms with Gasteiger partial charge in [0.15, 0.2) is 0 Å². The minimum atomic E-state index is -0.764. The van der Waals surface area contributed by atoms with E-state index in [4.69, 9.17) is 11.6 Å². The first-order valence-corrected chi connectivity index (χ1v) is 5.90. The van der Waals surface area contributed by atoms with Crippen LogP contribution in [-0.4, -0.2) is 22.4 Å². The average molecular weight is 243 g/mol. The van der Waals surface area contributed by atoms with Crippen LogP contribution in [0.1, 0.15) is 25.0 Å². The molecular formula is C13H19ClO2. The van der Waals surface area contributed by atoms with Gasteiger partial charge in [-0.05, 0) is 30.0 Å². The van der Waals surface area contributed by atoms with E-state index in [1.807, 2.05) is 39.0 Å². The van der Waals surface area contributed by atoms with E-state index in [1.165, 1.54) is 0 Å². The first-order valence-electron chi connectivity index (χ1n) is 5.53. The molecule has 2 unspecified atom stereocenters. The molecule has 2 N–H and O–H groups in total. The number of aliphatic hydroxyl groups is 2. The van der Waals surface area contributed by atoms with Crippen LogP contribution in [0.2, 0.25) is 5.02 Å². The molecule has 0 radical (unpaired) electrons. The van der Waals surface area contributed by atoms with Gasteiger partial charge < -0.3 is 10.2 Å². The van der Waals surface area contributed by atoms with Crippen LogP contribution in [0, 0.1) is 12.8 Å². The second kappa shape index (κ2) is 5.67. The zero-order chi connectivity index (χ0) is 12.3. The van der Waals surface area contributed by atoms with Gasteiger partial charge in [0.25, 0.3) is 0 Å². The standard InChI is InChI=1S/C13H19ClO2/c1-8(2)13(16)12(15)7-10-5-4-9(3)6-11(10)14/h4-6,8,12-13,15-16H,7H2,1-3H3. The van der Waals surface area contributed by atoms with Crippen LogP contribution < -0.4 is 0 Å². The van der Waals surface area contributed by atoms with E-state index in [-0.39, 0.29) is 5.92 Å². The lowest BCUT2D eigenvalue weighted by Gasteiger charge is -2.21. The fraction of sp³-hybridized carbons (Fsp3) is 0.538. The van der Waals surface area contributed by atoms with Crippen LogP contribution in [0.3, 0.4) is 0 Å². The van der Waals surface area contributed by atoms with Gasteiger partial charge in [-0.1, -0.05) is 37.6 Å². The highest BCUT2D eigenvalue weighted by molar-refractivity contribution is 6.31. The maximum Gasteiger partial charge on any atom is 0.0842 e. The highest BCUT2D eigenvalue weighted by atomic mass is 35.5. The minimum Gasteiger partial charge on any atom is -0.390 e. The molecule has 0 saturated carbocycles. The molecule has 1 rings (SSSR count). The molecule has 0 fully saturated rings. The van der Waals surface area contributed by atoms with E-state index >= 15 is 0 Å². The first-order chi connectivity index (χ1) is 7.41. The highest BCUT2D eigenvalue weighted by Gasteiger charge is 2.20. The van der Waals surface area contributed by atoms with E-state index in [0.29, 0.717) is 11.4 Å². The average Bonchev–Trinajstić information content (AvgIpc) is 2.20. The Morgan fingerprint density at radius 3 is 2.38 bits per heavy atom. The van der Waals surface area contributed by atoms with Gasteiger partial charge in [-0.3, -0.25) is 0 Å². The van der Waals surface area contributed by atoms with E-state index in [0.717, 1.165) is 11.1 Å². The van der Waals surface area contributed by atoms with Crippen molar-refractivity contribution in [3.05, 3.63) is 34.3 Å². The number of halogens is 1. The third kappa shape index (κ3) is 3.48. The monoisotopic (exact) mass is 242 g/mol. The molecule has 1 aromatic rings. The number of benzene rings is 1. The predicted molar refractivity (Wildman–Crippen MR) is 66.7 cm³/mol. The quantitative estimate of drug-likeness (QED) is 0.852. The van der Waals surface area contributed by atoms with Crippen molar-refractivity contribution < 1.29 is 10.2 Å². The summed E-state index contributed by atoms with van der Waals surface area (Å²) in [5, 5.41) is 20.2. The second-order valence-electron chi connectivity index (χ2n) is 4.60. The Kier molecular flexibility index (Phi) is 4.78. The Morgan fingerprint density at radius 1 is 1.25 bits per heavy atom. The Hall–Kier alpha value is -0.570. The van der Waals surface area contributed by atoms with Crippen LogP contribution in [-0.2, 0) is 6.42 Å². The zero-order valence-corrected chi connectivity index (χ0v) is 10.7. The molecule has 0 spiro atoms. The molecule has 0 saturated heterocycles. The molecule has 0 amide bonds. The molecule has 90 valence electrons. The van der Waals surface area contributed by atoms with E-state index < -0.39 is 12.2 Å². The molecule has 1 aromatic carbocycles. The van der Waals surface area contributed by atoms with Gasteiger partial charge in [-0.15, -0.1) is 0 Å². The van der Waals surface area contributed by atoms with Gasteiger partial charge in [0.2, 0.25) is 0 Å². The number of aryl methyl sites for hydroxylation is 1. The summed E-state index contributed by atoms with van der Waals surface area (Å²) >= 11 is 6.07. The molecule has 0 aliphatic heterocycles. The summed E-state index contributed by atoms with van der Waals surface area (Å²) in [6.07, 6.45) is -1.09. The fourth-order valence-electron chi connectivity index (χ4n) is 1.61. The Morgan fingerprint density at radius 2 is 1.88 bits per heavy atom. The lowest BCUT2D eigenvalue weighted by molar-refractivity contribution is -0.00730. The van der Waals surface area contributed by atoms with Crippen molar-refractivity contribution in [3.63, 3.8) is 0 Å². The highest BCUT2D eigenvalue weighted by Crippen LogP contribution is 2.21. The predicted octanol–water partition coefficient (Wildman–Crippen LogP) is 2.57.